The molecule has 2 N–H and O–H groups in total. The molecular formula is C20H14ClN5O4. The summed E-state index contributed by atoms with van der Waals surface area (Å²) in [6, 6.07) is 14.7. The van der Waals surface area contributed by atoms with E-state index in [9.17, 15) is 14.9 Å². The van der Waals surface area contributed by atoms with Crippen molar-refractivity contribution in [3.05, 3.63) is 81.1 Å². The molecule has 9 nitrogen and oxygen atoms in total. The van der Waals surface area contributed by atoms with Gasteiger partial charge in [-0.15, -0.1) is 0 Å². The number of aryl methyl sites for hydroxylation is 1. The van der Waals surface area contributed by atoms with E-state index in [2.05, 4.69) is 20.7 Å². The van der Waals surface area contributed by atoms with Crippen LogP contribution in [-0.2, 0) is 0 Å². The van der Waals surface area contributed by atoms with Gasteiger partial charge >= 0.3 is 0 Å². The van der Waals surface area contributed by atoms with Crippen LogP contribution in [0.3, 0.4) is 0 Å². The van der Waals surface area contributed by atoms with Gasteiger partial charge < -0.3 is 9.84 Å². The van der Waals surface area contributed by atoms with E-state index in [0.29, 0.717) is 33.3 Å². The molecule has 0 saturated heterocycles. The maximum Gasteiger partial charge on any atom is 0.270 e. The monoisotopic (exact) mass is 423 g/mol. The molecule has 1 amide bonds. The predicted molar refractivity (Wildman–Crippen MR) is 110 cm³/mol. The topological polar surface area (TPSA) is 127 Å². The van der Waals surface area contributed by atoms with Gasteiger partial charge in [-0.2, -0.15) is 5.10 Å². The molecule has 4 rings (SSSR count). The summed E-state index contributed by atoms with van der Waals surface area (Å²) in [5.74, 6) is 0.102. The zero-order valence-electron chi connectivity index (χ0n) is 15.5. The number of nitrogens with zero attached hydrogens (tertiary/aromatic N) is 3. The van der Waals surface area contributed by atoms with Gasteiger partial charge in [0.05, 0.1) is 15.6 Å². The Bertz CT molecular complexity index is 1260. The van der Waals surface area contributed by atoms with Crippen LogP contribution in [0, 0.1) is 17.0 Å². The van der Waals surface area contributed by atoms with E-state index in [1.165, 1.54) is 12.1 Å². The number of halogens is 1. The summed E-state index contributed by atoms with van der Waals surface area (Å²) < 4.78 is 5.21. The highest BCUT2D eigenvalue weighted by Crippen LogP contribution is 2.31. The lowest BCUT2D eigenvalue weighted by Gasteiger charge is -2.04. The second-order valence-corrected chi connectivity index (χ2v) is 6.78. The third kappa shape index (κ3) is 3.65. The van der Waals surface area contributed by atoms with Gasteiger partial charge in [-0.3, -0.25) is 20.0 Å². The largest absolute Gasteiger partial charge is 0.360 e. The van der Waals surface area contributed by atoms with Crippen molar-refractivity contribution in [2.45, 2.75) is 6.92 Å². The normalized spacial score (nSPS) is 10.7. The van der Waals surface area contributed by atoms with Crippen molar-refractivity contribution in [2.24, 2.45) is 0 Å². The summed E-state index contributed by atoms with van der Waals surface area (Å²) in [6.07, 6.45) is 0. The average molecular weight is 424 g/mol. The number of hydrogen-bond acceptors (Lipinski definition) is 6. The van der Waals surface area contributed by atoms with Crippen LogP contribution in [0.15, 0.2) is 59.1 Å². The molecule has 0 saturated carbocycles. The van der Waals surface area contributed by atoms with Crippen LogP contribution in [0.25, 0.3) is 22.5 Å². The van der Waals surface area contributed by atoms with Crippen LogP contribution in [0.1, 0.15) is 16.1 Å². The number of benzene rings is 2. The van der Waals surface area contributed by atoms with Gasteiger partial charge in [0.25, 0.3) is 11.6 Å². The SMILES string of the molecule is Cc1onc(-c2ccccc2Cl)c1C(=O)Nc1cc(-c2cccc([N+](=O)[O-])c2)[nH]n1. The molecule has 0 atom stereocenters. The zero-order chi connectivity index (χ0) is 21.3. The molecule has 0 bridgehead atoms. The Morgan fingerprint density at radius 2 is 2.00 bits per heavy atom. The fraction of sp³-hybridized carbons (Fsp3) is 0.0500. The van der Waals surface area contributed by atoms with Crippen molar-refractivity contribution in [1.29, 1.82) is 0 Å². The first-order chi connectivity index (χ1) is 14.4. The molecule has 30 heavy (non-hydrogen) atoms. The molecule has 0 aliphatic carbocycles. The lowest BCUT2D eigenvalue weighted by molar-refractivity contribution is -0.384. The van der Waals surface area contributed by atoms with Gasteiger partial charge in [0, 0.05) is 29.3 Å². The number of non-ortho nitro benzene ring substituents is 1. The van der Waals surface area contributed by atoms with Crippen molar-refractivity contribution >= 4 is 29.0 Å². The van der Waals surface area contributed by atoms with E-state index < -0.39 is 10.8 Å². The van der Waals surface area contributed by atoms with Gasteiger partial charge in [0.15, 0.2) is 5.82 Å². The van der Waals surface area contributed by atoms with E-state index in [-0.39, 0.29) is 17.1 Å². The second-order valence-electron chi connectivity index (χ2n) is 6.37. The fourth-order valence-corrected chi connectivity index (χ4v) is 3.20. The molecule has 0 aliphatic rings. The zero-order valence-corrected chi connectivity index (χ0v) is 16.3. The third-order valence-corrected chi connectivity index (χ3v) is 4.74. The van der Waals surface area contributed by atoms with E-state index >= 15 is 0 Å². The molecule has 2 aromatic carbocycles. The number of nitro benzene ring substituents is 1. The first kappa shape index (κ1) is 19.3. The number of aromatic amines is 1. The van der Waals surface area contributed by atoms with Crippen LogP contribution in [0.4, 0.5) is 11.5 Å². The molecule has 0 unspecified atom stereocenters. The van der Waals surface area contributed by atoms with E-state index in [4.69, 9.17) is 16.1 Å². The standard InChI is InChI=1S/C20H14ClN5O4/c1-11-18(19(25-30-11)14-7-2-3-8-15(14)21)20(27)22-17-10-16(23-24-17)12-5-4-6-13(9-12)26(28)29/h2-10H,1H3,(H2,22,23,24,27). The quantitative estimate of drug-likeness (QED) is 0.348. The van der Waals surface area contributed by atoms with Gasteiger partial charge in [-0.1, -0.05) is 47.1 Å². The lowest BCUT2D eigenvalue weighted by atomic mass is 10.1. The van der Waals surface area contributed by atoms with Gasteiger partial charge in [-0.05, 0) is 13.0 Å². The van der Waals surface area contributed by atoms with Crippen LogP contribution >= 0.6 is 11.6 Å². The minimum atomic E-state index is -0.479. The number of anilines is 1. The number of carbonyl (C=O) groups excluding carboxylic acids is 1. The Morgan fingerprint density at radius 3 is 2.77 bits per heavy atom. The van der Waals surface area contributed by atoms with Crippen LogP contribution in [0.5, 0.6) is 0 Å². The van der Waals surface area contributed by atoms with Gasteiger partial charge in [-0.25, -0.2) is 0 Å². The molecule has 0 aliphatic heterocycles. The summed E-state index contributed by atoms with van der Waals surface area (Å²) in [5.41, 5.74) is 2.17. The number of amides is 1. The van der Waals surface area contributed by atoms with Crippen LogP contribution in [-0.4, -0.2) is 26.2 Å². The Labute approximate surface area is 174 Å². The third-order valence-electron chi connectivity index (χ3n) is 4.41. The summed E-state index contributed by atoms with van der Waals surface area (Å²) in [7, 11) is 0. The summed E-state index contributed by atoms with van der Waals surface area (Å²) in [4.78, 5) is 23.4. The van der Waals surface area contributed by atoms with Crippen molar-refractivity contribution in [2.75, 3.05) is 5.32 Å². The highest BCUT2D eigenvalue weighted by atomic mass is 35.5. The van der Waals surface area contributed by atoms with Gasteiger partial charge in [0.2, 0.25) is 0 Å². The Morgan fingerprint density at radius 1 is 1.20 bits per heavy atom. The van der Waals surface area contributed by atoms with Crippen LogP contribution in [0.2, 0.25) is 5.02 Å². The second kappa shape index (κ2) is 7.80. The number of nitrogens with one attached hydrogen (secondary N) is 2. The maximum atomic E-state index is 12.9. The highest BCUT2D eigenvalue weighted by Gasteiger charge is 2.23. The van der Waals surface area contributed by atoms with Crippen molar-refractivity contribution in [3.63, 3.8) is 0 Å². The van der Waals surface area contributed by atoms with Crippen molar-refractivity contribution < 1.29 is 14.2 Å². The molecule has 150 valence electrons. The number of H-pyrrole nitrogens is 1. The minimum Gasteiger partial charge on any atom is -0.360 e. The molecule has 0 spiro atoms. The summed E-state index contributed by atoms with van der Waals surface area (Å²) in [6.45, 7) is 1.63. The number of hydrogen-bond donors (Lipinski definition) is 2. The van der Waals surface area contributed by atoms with E-state index in [0.717, 1.165) is 0 Å². The first-order valence-corrected chi connectivity index (χ1v) is 9.14. The number of nitro groups is 1. The van der Waals surface area contributed by atoms with Gasteiger partial charge in [0.1, 0.15) is 17.0 Å². The minimum absolute atomic E-state index is 0.0443. The number of aromatic nitrogens is 3. The van der Waals surface area contributed by atoms with E-state index in [1.54, 1.807) is 49.4 Å². The smallest absolute Gasteiger partial charge is 0.270 e. The lowest BCUT2D eigenvalue weighted by Crippen LogP contribution is -2.13. The predicted octanol–water partition coefficient (Wildman–Crippen LogP) is 4.85. The molecule has 0 fully saturated rings. The first-order valence-electron chi connectivity index (χ1n) is 8.77. The molecular weight excluding hydrogens is 410 g/mol. The molecule has 2 aromatic heterocycles. The number of rotatable bonds is 5. The van der Waals surface area contributed by atoms with E-state index in [1.807, 2.05) is 0 Å². The van der Waals surface area contributed by atoms with Crippen LogP contribution < -0.4 is 5.32 Å². The Kier molecular flexibility index (Phi) is 5.03. The Hall–Kier alpha value is -3.98. The molecule has 2 heterocycles. The molecule has 0 radical (unpaired) electrons. The number of carbonyl (C=O) groups is 1. The van der Waals surface area contributed by atoms with Crippen molar-refractivity contribution in [1.82, 2.24) is 15.4 Å². The summed E-state index contributed by atoms with van der Waals surface area (Å²) >= 11 is 6.23. The average Bonchev–Trinajstić information content (AvgIpc) is 3.35. The maximum absolute atomic E-state index is 12.9. The molecule has 10 heteroatoms. The molecule has 4 aromatic rings. The highest BCUT2D eigenvalue weighted by molar-refractivity contribution is 6.33. The Balaban J connectivity index is 1.61. The fourth-order valence-electron chi connectivity index (χ4n) is 2.98. The summed E-state index contributed by atoms with van der Waals surface area (Å²) in [5, 5.41) is 24.9. The van der Waals surface area contributed by atoms with Crippen molar-refractivity contribution in [3.8, 4) is 22.5 Å².